The molecule has 3 rings (SSSR count). The molecule has 1 fully saturated rings. The molecule has 160 valence electrons. The van der Waals surface area contributed by atoms with E-state index in [0.29, 0.717) is 12.2 Å². The third kappa shape index (κ3) is 5.19. The molecule has 0 aliphatic carbocycles. The fraction of sp³-hybridized carbons (Fsp3) is 0.417. The van der Waals surface area contributed by atoms with Gasteiger partial charge in [-0.05, 0) is 68.6 Å². The molecule has 0 saturated carbocycles. The number of nitrogens with one attached hydrogen (secondary N) is 2. The summed E-state index contributed by atoms with van der Waals surface area (Å²) >= 11 is 0. The molecule has 6 heteroatoms. The van der Waals surface area contributed by atoms with Gasteiger partial charge in [-0.15, -0.1) is 0 Å². The van der Waals surface area contributed by atoms with Crippen LogP contribution < -0.4 is 15.5 Å². The first-order valence-corrected chi connectivity index (χ1v) is 10.5. The number of carbonyl (C=O) groups is 2. The van der Waals surface area contributed by atoms with Gasteiger partial charge in [0.1, 0.15) is 0 Å². The molecule has 1 heterocycles. The molecule has 2 N–H and O–H groups in total. The Balaban J connectivity index is 1.67. The normalized spacial score (nSPS) is 14.9. The van der Waals surface area contributed by atoms with Crippen molar-refractivity contribution in [2.75, 3.05) is 43.9 Å². The molecule has 1 aliphatic rings. The summed E-state index contributed by atoms with van der Waals surface area (Å²) in [4.78, 5) is 29.4. The Bertz CT molecular complexity index is 866. The number of hydrogen-bond acceptors (Lipinski definition) is 4. The molecule has 0 aromatic heterocycles. The summed E-state index contributed by atoms with van der Waals surface area (Å²) in [6.07, 6.45) is 2.32. The fourth-order valence-corrected chi connectivity index (χ4v) is 3.96. The van der Waals surface area contributed by atoms with Crippen molar-refractivity contribution in [1.29, 1.82) is 0 Å². The second-order valence-electron chi connectivity index (χ2n) is 8.18. The molecule has 0 bridgehead atoms. The summed E-state index contributed by atoms with van der Waals surface area (Å²) in [5, 5.41) is 5.61. The average Bonchev–Trinajstić information content (AvgIpc) is 3.25. The van der Waals surface area contributed by atoms with Crippen molar-refractivity contribution in [3.05, 3.63) is 59.2 Å². The summed E-state index contributed by atoms with van der Waals surface area (Å²) in [5.74, 6) is -1.23. The molecular weight excluding hydrogens is 376 g/mol. The molecule has 1 atom stereocenters. The highest BCUT2D eigenvalue weighted by Gasteiger charge is 2.25. The predicted octanol–water partition coefficient (Wildman–Crippen LogP) is 3.26. The third-order valence-electron chi connectivity index (χ3n) is 5.76. The van der Waals surface area contributed by atoms with E-state index in [0.717, 1.165) is 48.3 Å². The monoisotopic (exact) mass is 408 g/mol. The Morgan fingerprint density at radius 2 is 1.57 bits per heavy atom. The number of aryl methyl sites for hydroxylation is 2. The van der Waals surface area contributed by atoms with E-state index in [-0.39, 0.29) is 6.04 Å². The van der Waals surface area contributed by atoms with Gasteiger partial charge in [-0.25, -0.2) is 0 Å². The molecular formula is C24H32N4O2. The van der Waals surface area contributed by atoms with Gasteiger partial charge in [0.25, 0.3) is 0 Å². The van der Waals surface area contributed by atoms with Crippen LogP contribution in [0.3, 0.4) is 0 Å². The Hall–Kier alpha value is -2.86. The second kappa shape index (κ2) is 9.76. The topological polar surface area (TPSA) is 64.7 Å². The Morgan fingerprint density at radius 1 is 0.967 bits per heavy atom. The zero-order valence-corrected chi connectivity index (χ0v) is 18.4. The first kappa shape index (κ1) is 21.8. The minimum Gasteiger partial charge on any atom is -0.378 e. The van der Waals surface area contributed by atoms with E-state index in [1.807, 2.05) is 46.1 Å². The van der Waals surface area contributed by atoms with E-state index in [1.54, 1.807) is 0 Å². The van der Waals surface area contributed by atoms with Crippen LogP contribution in [0.25, 0.3) is 0 Å². The maximum atomic E-state index is 12.5. The van der Waals surface area contributed by atoms with Crippen LogP contribution in [-0.2, 0) is 9.59 Å². The molecule has 2 amide bonds. The van der Waals surface area contributed by atoms with Crippen LogP contribution in [0.1, 0.15) is 35.6 Å². The van der Waals surface area contributed by atoms with Crippen LogP contribution >= 0.6 is 0 Å². The number of carbonyl (C=O) groups excluding carboxylic acids is 2. The lowest BCUT2D eigenvalue weighted by Gasteiger charge is -2.28. The van der Waals surface area contributed by atoms with Crippen molar-refractivity contribution in [3.63, 3.8) is 0 Å². The number of hydrogen-bond donors (Lipinski definition) is 2. The van der Waals surface area contributed by atoms with Crippen LogP contribution in [0.15, 0.2) is 42.5 Å². The van der Waals surface area contributed by atoms with E-state index in [9.17, 15) is 9.59 Å². The molecule has 1 aliphatic heterocycles. The minimum absolute atomic E-state index is 0.0562. The van der Waals surface area contributed by atoms with E-state index >= 15 is 0 Å². The number of rotatable bonds is 6. The first-order valence-electron chi connectivity index (χ1n) is 10.5. The van der Waals surface area contributed by atoms with Gasteiger partial charge in [0.15, 0.2) is 0 Å². The lowest BCUT2D eigenvalue weighted by molar-refractivity contribution is -0.136. The van der Waals surface area contributed by atoms with Gasteiger partial charge in [-0.1, -0.05) is 30.3 Å². The van der Waals surface area contributed by atoms with Gasteiger partial charge >= 0.3 is 11.8 Å². The van der Waals surface area contributed by atoms with Crippen molar-refractivity contribution in [2.45, 2.75) is 32.7 Å². The summed E-state index contributed by atoms with van der Waals surface area (Å²) in [7, 11) is 4.03. The number of likely N-dealkylation sites (tertiary alicyclic amines) is 1. The van der Waals surface area contributed by atoms with Gasteiger partial charge < -0.3 is 15.5 Å². The summed E-state index contributed by atoms with van der Waals surface area (Å²) < 4.78 is 0. The number of anilines is 2. The van der Waals surface area contributed by atoms with Crippen LogP contribution in [0, 0.1) is 13.8 Å². The highest BCUT2D eigenvalue weighted by molar-refractivity contribution is 6.39. The smallest absolute Gasteiger partial charge is 0.313 e. The Kier molecular flexibility index (Phi) is 7.11. The second-order valence-corrected chi connectivity index (χ2v) is 8.18. The van der Waals surface area contributed by atoms with Gasteiger partial charge in [0.05, 0.1) is 6.04 Å². The van der Waals surface area contributed by atoms with Gasteiger partial charge in [-0.3, -0.25) is 14.5 Å². The molecule has 30 heavy (non-hydrogen) atoms. The van der Waals surface area contributed by atoms with E-state index in [4.69, 9.17) is 0 Å². The van der Waals surface area contributed by atoms with Crippen LogP contribution in [0.4, 0.5) is 11.4 Å². The van der Waals surface area contributed by atoms with Crippen molar-refractivity contribution in [3.8, 4) is 0 Å². The summed E-state index contributed by atoms with van der Waals surface area (Å²) in [6.45, 7) is 6.25. The molecule has 0 unspecified atom stereocenters. The maximum absolute atomic E-state index is 12.5. The molecule has 0 spiro atoms. The number of nitrogens with zero attached hydrogens (tertiary/aromatic N) is 2. The highest BCUT2D eigenvalue weighted by Crippen LogP contribution is 2.26. The number of benzene rings is 2. The quantitative estimate of drug-likeness (QED) is 0.720. The van der Waals surface area contributed by atoms with E-state index in [1.165, 1.54) is 0 Å². The fourth-order valence-electron chi connectivity index (χ4n) is 3.96. The lowest BCUT2D eigenvalue weighted by Crippen LogP contribution is -2.41. The molecule has 0 radical (unpaired) electrons. The SMILES string of the molecule is Cc1cccc(C)c1NC(=O)C(=O)NC[C@@H](c1ccc(N(C)C)cc1)N1CCCC1. The maximum Gasteiger partial charge on any atom is 0.313 e. The predicted molar refractivity (Wildman–Crippen MR) is 122 cm³/mol. The molecule has 2 aromatic rings. The standard InChI is InChI=1S/C24H32N4O2/c1-17-8-7-9-18(2)22(17)26-24(30)23(29)25-16-21(28-14-5-6-15-28)19-10-12-20(13-11-19)27(3)4/h7-13,21H,5-6,14-16H2,1-4H3,(H,25,29)(H,26,30)/t21-/m0/s1. The van der Waals surface area contributed by atoms with Crippen molar-refractivity contribution in [1.82, 2.24) is 10.2 Å². The number of amides is 2. The van der Waals surface area contributed by atoms with E-state index < -0.39 is 11.8 Å². The first-order chi connectivity index (χ1) is 14.4. The van der Waals surface area contributed by atoms with Gasteiger partial charge in [0, 0.05) is 32.0 Å². The molecule has 6 nitrogen and oxygen atoms in total. The van der Waals surface area contributed by atoms with Crippen LogP contribution in [0.2, 0.25) is 0 Å². The van der Waals surface area contributed by atoms with Crippen LogP contribution in [-0.4, -0.2) is 50.4 Å². The van der Waals surface area contributed by atoms with Gasteiger partial charge in [0.2, 0.25) is 0 Å². The minimum atomic E-state index is -0.629. The zero-order chi connectivity index (χ0) is 21.7. The highest BCUT2D eigenvalue weighted by atomic mass is 16.2. The Labute approximate surface area is 179 Å². The van der Waals surface area contributed by atoms with Gasteiger partial charge in [-0.2, -0.15) is 0 Å². The third-order valence-corrected chi connectivity index (χ3v) is 5.76. The molecule has 1 saturated heterocycles. The summed E-state index contributed by atoms with van der Waals surface area (Å²) in [5.41, 5.74) is 4.86. The zero-order valence-electron chi connectivity index (χ0n) is 18.4. The van der Waals surface area contributed by atoms with E-state index in [2.05, 4.69) is 44.7 Å². The Morgan fingerprint density at radius 3 is 2.13 bits per heavy atom. The van der Waals surface area contributed by atoms with Crippen molar-refractivity contribution in [2.24, 2.45) is 0 Å². The molecule has 2 aromatic carbocycles. The number of para-hydroxylation sites is 1. The van der Waals surface area contributed by atoms with Crippen LogP contribution in [0.5, 0.6) is 0 Å². The van der Waals surface area contributed by atoms with Crippen molar-refractivity contribution < 1.29 is 9.59 Å². The average molecular weight is 409 g/mol. The summed E-state index contributed by atoms with van der Waals surface area (Å²) in [6, 6.07) is 14.2. The largest absolute Gasteiger partial charge is 0.378 e. The van der Waals surface area contributed by atoms with Crippen molar-refractivity contribution >= 4 is 23.2 Å². The lowest BCUT2D eigenvalue weighted by atomic mass is 10.0.